The lowest BCUT2D eigenvalue weighted by atomic mass is 10.0. The normalized spacial score (nSPS) is 18.1. The molecule has 9 heteroatoms. The van der Waals surface area contributed by atoms with Crippen molar-refractivity contribution in [2.75, 3.05) is 5.32 Å². The summed E-state index contributed by atoms with van der Waals surface area (Å²) < 4.78 is 0. The van der Waals surface area contributed by atoms with E-state index in [1.54, 1.807) is 32.0 Å². The quantitative estimate of drug-likeness (QED) is 0.512. The van der Waals surface area contributed by atoms with E-state index in [9.17, 15) is 24.0 Å². The fourth-order valence-corrected chi connectivity index (χ4v) is 4.17. The van der Waals surface area contributed by atoms with E-state index in [0.29, 0.717) is 22.4 Å². The Morgan fingerprint density at radius 3 is 2.58 bits per heavy atom. The molecule has 0 radical (unpaired) electrons. The van der Waals surface area contributed by atoms with Crippen molar-refractivity contribution in [3.8, 4) is 0 Å². The van der Waals surface area contributed by atoms with E-state index in [1.807, 2.05) is 0 Å². The van der Waals surface area contributed by atoms with E-state index in [0.717, 1.165) is 11.3 Å². The van der Waals surface area contributed by atoms with Gasteiger partial charge in [-0.15, -0.1) is 0 Å². The molecule has 9 nitrogen and oxygen atoms in total. The van der Waals surface area contributed by atoms with Gasteiger partial charge in [-0.2, -0.15) is 0 Å². The number of carbonyl (C=O) groups is 5. The Balaban J connectivity index is 1.55. The summed E-state index contributed by atoms with van der Waals surface area (Å²) in [5.74, 6) is -1.74. The van der Waals surface area contributed by atoms with Gasteiger partial charge in [0, 0.05) is 29.9 Å². The number of hydrogen-bond donors (Lipinski definition) is 3. The van der Waals surface area contributed by atoms with Crippen LogP contribution in [0.1, 0.15) is 67.8 Å². The summed E-state index contributed by atoms with van der Waals surface area (Å²) in [6.45, 7) is 5.20. The molecule has 0 bridgehead atoms. The van der Waals surface area contributed by atoms with Crippen LogP contribution in [0.25, 0.3) is 0 Å². The Morgan fingerprint density at radius 1 is 1.16 bits per heavy atom. The van der Waals surface area contributed by atoms with Crippen molar-refractivity contribution < 1.29 is 24.0 Å². The van der Waals surface area contributed by atoms with Gasteiger partial charge in [-0.25, -0.2) is 0 Å². The van der Waals surface area contributed by atoms with Crippen LogP contribution in [-0.2, 0) is 16.1 Å². The number of aromatic nitrogens is 1. The highest BCUT2D eigenvalue weighted by Crippen LogP contribution is 2.30. The number of carbonyl (C=O) groups excluding carboxylic acids is 5. The van der Waals surface area contributed by atoms with Crippen LogP contribution in [0.5, 0.6) is 0 Å². The number of nitrogens with one attached hydrogen (secondary N) is 3. The van der Waals surface area contributed by atoms with Crippen LogP contribution in [0.15, 0.2) is 18.2 Å². The van der Waals surface area contributed by atoms with Gasteiger partial charge in [0.25, 0.3) is 11.8 Å². The van der Waals surface area contributed by atoms with Gasteiger partial charge in [0.1, 0.15) is 11.7 Å². The highest BCUT2D eigenvalue weighted by atomic mass is 16.2. The summed E-state index contributed by atoms with van der Waals surface area (Å²) in [6, 6.07) is 4.21. The SMILES string of the molecule is CC(=O)c1c(C(=O)Nc2ccc3c(c2)CN(C2CCC(=O)NC2=O)C3=O)[nH]c(C)c1C. The van der Waals surface area contributed by atoms with Crippen molar-refractivity contribution in [3.05, 3.63) is 51.8 Å². The molecule has 0 saturated carbocycles. The minimum absolute atomic E-state index is 0.186. The highest BCUT2D eigenvalue weighted by Gasteiger charge is 2.39. The van der Waals surface area contributed by atoms with Crippen LogP contribution in [0.3, 0.4) is 0 Å². The van der Waals surface area contributed by atoms with Crippen LogP contribution in [0, 0.1) is 13.8 Å². The molecule has 4 amide bonds. The third kappa shape index (κ3) is 3.52. The Labute approximate surface area is 178 Å². The zero-order chi connectivity index (χ0) is 22.4. The van der Waals surface area contributed by atoms with Crippen molar-refractivity contribution in [2.45, 2.75) is 46.2 Å². The van der Waals surface area contributed by atoms with Crippen molar-refractivity contribution in [1.29, 1.82) is 0 Å². The van der Waals surface area contributed by atoms with Crippen LogP contribution >= 0.6 is 0 Å². The number of imide groups is 1. The average molecular weight is 422 g/mol. The van der Waals surface area contributed by atoms with Crippen molar-refractivity contribution in [1.82, 2.24) is 15.2 Å². The maximum absolute atomic E-state index is 12.8. The van der Waals surface area contributed by atoms with Gasteiger partial charge in [-0.05, 0) is 56.5 Å². The first-order valence-corrected chi connectivity index (χ1v) is 9.96. The summed E-state index contributed by atoms with van der Waals surface area (Å²) >= 11 is 0. The fraction of sp³-hybridized carbons (Fsp3) is 0.318. The van der Waals surface area contributed by atoms with Crippen LogP contribution in [0.4, 0.5) is 5.69 Å². The van der Waals surface area contributed by atoms with Gasteiger partial charge in [-0.3, -0.25) is 29.3 Å². The minimum atomic E-state index is -0.696. The lowest BCUT2D eigenvalue weighted by molar-refractivity contribution is -0.136. The standard InChI is InChI=1S/C22H22N4O5/c1-10-11(2)23-19(18(10)12(3)27)21(30)24-14-4-5-15-13(8-14)9-26(22(15)31)16-6-7-17(28)25-20(16)29/h4-5,8,16,23H,6-7,9H2,1-3H3,(H,24,30)(H,25,28,29). The van der Waals surface area contributed by atoms with Crippen molar-refractivity contribution in [3.63, 3.8) is 0 Å². The Hall–Kier alpha value is -3.75. The Morgan fingerprint density at radius 2 is 1.90 bits per heavy atom. The van der Waals surface area contributed by atoms with Crippen molar-refractivity contribution >= 4 is 35.1 Å². The molecule has 1 saturated heterocycles. The van der Waals surface area contributed by atoms with Gasteiger partial charge in [0.15, 0.2) is 5.78 Å². The second-order valence-corrected chi connectivity index (χ2v) is 7.91. The Bertz CT molecular complexity index is 1160. The number of fused-ring (bicyclic) bond motifs is 1. The predicted octanol–water partition coefficient (Wildman–Crippen LogP) is 1.85. The summed E-state index contributed by atoms with van der Waals surface area (Å²) in [6.07, 6.45) is 0.471. The molecular weight excluding hydrogens is 400 g/mol. The number of aromatic amines is 1. The maximum Gasteiger partial charge on any atom is 0.272 e. The summed E-state index contributed by atoms with van der Waals surface area (Å²) in [5.41, 5.74) is 3.64. The average Bonchev–Trinajstić information content (AvgIpc) is 3.18. The number of benzene rings is 1. The fourth-order valence-electron chi connectivity index (χ4n) is 4.17. The number of aryl methyl sites for hydroxylation is 1. The molecule has 2 aliphatic heterocycles. The molecular formula is C22H22N4O5. The highest BCUT2D eigenvalue weighted by molar-refractivity contribution is 6.12. The van der Waals surface area contributed by atoms with Gasteiger partial charge in [0.2, 0.25) is 11.8 Å². The molecule has 160 valence electrons. The number of anilines is 1. The largest absolute Gasteiger partial charge is 0.354 e. The van der Waals surface area contributed by atoms with E-state index in [4.69, 9.17) is 0 Å². The van der Waals surface area contributed by atoms with Crippen LogP contribution in [-0.4, -0.2) is 45.3 Å². The topological polar surface area (TPSA) is 128 Å². The van der Waals surface area contributed by atoms with E-state index >= 15 is 0 Å². The van der Waals surface area contributed by atoms with E-state index in [1.165, 1.54) is 11.8 Å². The molecule has 1 aromatic carbocycles. The number of nitrogens with zero attached hydrogens (tertiary/aromatic N) is 1. The van der Waals surface area contributed by atoms with E-state index in [-0.39, 0.29) is 42.7 Å². The summed E-state index contributed by atoms with van der Waals surface area (Å²) in [7, 11) is 0. The molecule has 2 aliphatic rings. The molecule has 1 unspecified atom stereocenters. The van der Waals surface area contributed by atoms with Gasteiger partial charge >= 0.3 is 0 Å². The van der Waals surface area contributed by atoms with Gasteiger partial charge in [-0.1, -0.05) is 0 Å². The number of ketones is 1. The number of rotatable bonds is 4. The molecule has 1 atom stereocenters. The molecule has 2 aromatic rings. The second-order valence-electron chi connectivity index (χ2n) is 7.91. The Kier molecular flexibility index (Phi) is 4.96. The molecule has 1 aromatic heterocycles. The summed E-state index contributed by atoms with van der Waals surface area (Å²) in [4.78, 5) is 65.5. The molecule has 0 aliphatic carbocycles. The first-order valence-electron chi connectivity index (χ1n) is 9.96. The lowest BCUT2D eigenvalue weighted by Crippen LogP contribution is -2.52. The predicted molar refractivity (Wildman–Crippen MR) is 111 cm³/mol. The molecule has 1 fully saturated rings. The minimum Gasteiger partial charge on any atom is -0.354 e. The van der Waals surface area contributed by atoms with Crippen molar-refractivity contribution in [2.24, 2.45) is 0 Å². The monoisotopic (exact) mass is 422 g/mol. The third-order valence-corrected chi connectivity index (χ3v) is 5.86. The maximum atomic E-state index is 12.8. The number of Topliss-reactive ketones (excluding diaryl/α,β-unsaturated/α-hetero) is 1. The smallest absolute Gasteiger partial charge is 0.272 e. The molecule has 3 N–H and O–H groups in total. The zero-order valence-corrected chi connectivity index (χ0v) is 17.4. The third-order valence-electron chi connectivity index (χ3n) is 5.86. The summed E-state index contributed by atoms with van der Waals surface area (Å²) in [5, 5.41) is 5.04. The molecule has 4 rings (SSSR count). The second kappa shape index (κ2) is 7.50. The molecule has 31 heavy (non-hydrogen) atoms. The van der Waals surface area contributed by atoms with E-state index in [2.05, 4.69) is 15.6 Å². The zero-order valence-electron chi connectivity index (χ0n) is 17.4. The lowest BCUT2D eigenvalue weighted by Gasteiger charge is -2.29. The van der Waals surface area contributed by atoms with Gasteiger partial charge < -0.3 is 15.2 Å². The molecule has 3 heterocycles. The van der Waals surface area contributed by atoms with Crippen LogP contribution in [0.2, 0.25) is 0 Å². The molecule has 0 spiro atoms. The first-order chi connectivity index (χ1) is 14.7. The number of H-pyrrole nitrogens is 1. The van der Waals surface area contributed by atoms with E-state index < -0.39 is 17.9 Å². The van der Waals surface area contributed by atoms with Crippen LogP contribution < -0.4 is 10.6 Å². The number of amides is 4. The number of hydrogen-bond acceptors (Lipinski definition) is 5. The first kappa shape index (κ1) is 20.5. The van der Waals surface area contributed by atoms with Gasteiger partial charge in [0.05, 0.1) is 5.56 Å². The number of piperidine rings is 1.